The molecule has 1 fully saturated rings. The van der Waals surface area contributed by atoms with Crippen molar-refractivity contribution in [3.63, 3.8) is 0 Å². The summed E-state index contributed by atoms with van der Waals surface area (Å²) in [4.78, 5) is 16.6. The molecule has 2 aromatic rings. The van der Waals surface area contributed by atoms with Crippen molar-refractivity contribution in [1.82, 2.24) is 9.88 Å². The van der Waals surface area contributed by atoms with Crippen LogP contribution in [0.5, 0.6) is 0 Å². The normalized spacial score (nSPS) is 14.8. The van der Waals surface area contributed by atoms with Crippen LogP contribution < -0.4 is 4.31 Å². The van der Waals surface area contributed by atoms with Crippen LogP contribution in [0.25, 0.3) is 0 Å². The molecule has 1 aliphatic heterocycles. The molecule has 3 rings (SSSR count). The number of likely N-dealkylation sites (tertiary alicyclic amines) is 1. The van der Waals surface area contributed by atoms with E-state index in [0.29, 0.717) is 13.1 Å². The van der Waals surface area contributed by atoms with Crippen molar-refractivity contribution in [1.29, 1.82) is 0 Å². The number of H-pyrrole nitrogens is 1. The van der Waals surface area contributed by atoms with Crippen molar-refractivity contribution in [2.45, 2.75) is 17.7 Å². The number of carbonyl (C=O) groups is 1. The summed E-state index contributed by atoms with van der Waals surface area (Å²) in [5.41, 5.74) is 0.170. The van der Waals surface area contributed by atoms with Crippen LogP contribution in [0.2, 0.25) is 0 Å². The molecule has 0 atom stereocenters. The van der Waals surface area contributed by atoms with Crippen LogP contribution in [-0.4, -0.2) is 44.3 Å². The fraction of sp³-hybridized carbons (Fsp3) is 0.312. The second kappa shape index (κ2) is 6.27. The Morgan fingerprint density at radius 2 is 1.92 bits per heavy atom. The molecule has 8 heteroatoms. The highest BCUT2D eigenvalue weighted by Gasteiger charge is 2.27. The predicted octanol–water partition coefficient (Wildman–Crippen LogP) is 2.21. The van der Waals surface area contributed by atoms with Gasteiger partial charge in [-0.3, -0.25) is 9.10 Å². The van der Waals surface area contributed by atoms with E-state index in [-0.39, 0.29) is 22.2 Å². The lowest BCUT2D eigenvalue weighted by atomic mass is 10.3. The Bertz CT molecular complexity index is 857. The fourth-order valence-corrected chi connectivity index (χ4v) is 3.93. The monoisotopic (exact) mass is 351 g/mol. The summed E-state index contributed by atoms with van der Waals surface area (Å²) in [5.74, 6) is -0.852. The average molecular weight is 351 g/mol. The van der Waals surface area contributed by atoms with E-state index in [9.17, 15) is 17.6 Å². The number of rotatable bonds is 4. The number of aromatic amines is 1. The molecule has 2 heterocycles. The number of carbonyl (C=O) groups excluding carboxylic acids is 1. The molecule has 1 aliphatic rings. The highest BCUT2D eigenvalue weighted by atomic mass is 32.2. The number of anilines is 1. The predicted molar refractivity (Wildman–Crippen MR) is 87.9 cm³/mol. The smallest absolute Gasteiger partial charge is 0.270 e. The topological polar surface area (TPSA) is 73.5 Å². The van der Waals surface area contributed by atoms with E-state index in [1.54, 1.807) is 11.0 Å². The van der Waals surface area contributed by atoms with E-state index in [1.165, 1.54) is 37.5 Å². The lowest BCUT2D eigenvalue weighted by molar-refractivity contribution is 0.0787. The molecule has 128 valence electrons. The van der Waals surface area contributed by atoms with Crippen molar-refractivity contribution in [3.8, 4) is 0 Å². The van der Waals surface area contributed by atoms with Gasteiger partial charge in [0.15, 0.2) is 0 Å². The second-order valence-electron chi connectivity index (χ2n) is 5.67. The van der Waals surface area contributed by atoms with E-state index < -0.39 is 15.8 Å². The minimum atomic E-state index is -3.96. The van der Waals surface area contributed by atoms with Crippen LogP contribution in [0.3, 0.4) is 0 Å². The zero-order chi connectivity index (χ0) is 17.3. The van der Waals surface area contributed by atoms with Crippen LogP contribution in [0, 0.1) is 5.82 Å². The number of sulfonamides is 1. The first kappa shape index (κ1) is 16.5. The van der Waals surface area contributed by atoms with Gasteiger partial charge in [0.05, 0.1) is 5.69 Å². The van der Waals surface area contributed by atoms with Gasteiger partial charge in [-0.05, 0) is 31.0 Å². The van der Waals surface area contributed by atoms with E-state index in [1.807, 2.05) is 0 Å². The molecule has 0 spiro atoms. The molecule has 1 aromatic heterocycles. The van der Waals surface area contributed by atoms with Gasteiger partial charge in [0.1, 0.15) is 16.4 Å². The Kier molecular flexibility index (Phi) is 4.31. The van der Waals surface area contributed by atoms with Crippen LogP contribution in [0.15, 0.2) is 41.4 Å². The molecule has 0 saturated carbocycles. The van der Waals surface area contributed by atoms with Crippen molar-refractivity contribution in [2.24, 2.45) is 0 Å². The van der Waals surface area contributed by atoms with Gasteiger partial charge in [0, 0.05) is 26.3 Å². The number of hydrogen-bond donors (Lipinski definition) is 1. The van der Waals surface area contributed by atoms with E-state index >= 15 is 0 Å². The molecule has 1 aromatic carbocycles. The summed E-state index contributed by atoms with van der Waals surface area (Å²) in [6.07, 6.45) is 3.16. The molecule has 0 radical (unpaired) electrons. The van der Waals surface area contributed by atoms with E-state index in [4.69, 9.17) is 0 Å². The molecule has 0 unspecified atom stereocenters. The third kappa shape index (κ3) is 2.89. The van der Waals surface area contributed by atoms with Crippen molar-refractivity contribution in [3.05, 3.63) is 48.0 Å². The fourth-order valence-electron chi connectivity index (χ4n) is 2.73. The number of hydrogen-bond acceptors (Lipinski definition) is 3. The summed E-state index contributed by atoms with van der Waals surface area (Å²) in [7, 11) is -2.68. The highest BCUT2D eigenvalue weighted by Crippen LogP contribution is 2.25. The van der Waals surface area contributed by atoms with Crippen molar-refractivity contribution in [2.75, 3.05) is 24.4 Å². The molecule has 0 aliphatic carbocycles. The van der Waals surface area contributed by atoms with Crippen LogP contribution in [0.4, 0.5) is 10.1 Å². The third-order valence-electron chi connectivity index (χ3n) is 4.13. The molecule has 1 N–H and O–H groups in total. The number of para-hydroxylation sites is 1. The number of nitrogens with one attached hydrogen (secondary N) is 1. The summed E-state index contributed by atoms with van der Waals surface area (Å²) in [5, 5.41) is 0. The van der Waals surface area contributed by atoms with Crippen LogP contribution in [-0.2, 0) is 10.0 Å². The van der Waals surface area contributed by atoms with Gasteiger partial charge in [-0.15, -0.1) is 0 Å². The Morgan fingerprint density at radius 1 is 1.25 bits per heavy atom. The summed E-state index contributed by atoms with van der Waals surface area (Å²) >= 11 is 0. The van der Waals surface area contributed by atoms with Crippen molar-refractivity contribution >= 4 is 21.6 Å². The molecule has 1 saturated heterocycles. The number of halogens is 1. The lowest BCUT2D eigenvalue weighted by Gasteiger charge is -2.19. The number of benzene rings is 1. The zero-order valence-electron chi connectivity index (χ0n) is 13.2. The lowest BCUT2D eigenvalue weighted by Crippen LogP contribution is -2.28. The maximum Gasteiger partial charge on any atom is 0.270 e. The Morgan fingerprint density at radius 3 is 2.58 bits per heavy atom. The quantitative estimate of drug-likeness (QED) is 0.918. The first-order valence-electron chi connectivity index (χ1n) is 7.62. The van der Waals surface area contributed by atoms with Gasteiger partial charge >= 0.3 is 0 Å². The minimum absolute atomic E-state index is 0.0499. The minimum Gasteiger partial charge on any atom is -0.356 e. The first-order chi connectivity index (χ1) is 11.4. The van der Waals surface area contributed by atoms with E-state index in [0.717, 1.165) is 17.1 Å². The second-order valence-corrected chi connectivity index (χ2v) is 7.64. The Labute approximate surface area is 139 Å². The van der Waals surface area contributed by atoms with Gasteiger partial charge in [-0.1, -0.05) is 12.1 Å². The number of aromatic nitrogens is 1. The number of amides is 1. The van der Waals surface area contributed by atoms with Gasteiger partial charge in [0.25, 0.3) is 15.9 Å². The molecule has 6 nitrogen and oxygen atoms in total. The largest absolute Gasteiger partial charge is 0.356 e. The highest BCUT2D eigenvalue weighted by molar-refractivity contribution is 7.92. The van der Waals surface area contributed by atoms with Gasteiger partial charge < -0.3 is 9.88 Å². The first-order valence-corrected chi connectivity index (χ1v) is 9.06. The SMILES string of the molecule is CN(c1ccccc1F)S(=O)(=O)c1c[nH]c(C(=O)N2CCCC2)c1. The van der Waals surface area contributed by atoms with Crippen molar-refractivity contribution < 1.29 is 17.6 Å². The van der Waals surface area contributed by atoms with Crippen LogP contribution >= 0.6 is 0 Å². The van der Waals surface area contributed by atoms with Gasteiger partial charge in [-0.25, -0.2) is 12.8 Å². The molecule has 0 bridgehead atoms. The summed E-state index contributed by atoms with van der Waals surface area (Å²) in [6, 6.07) is 6.93. The standard InChI is InChI=1S/C16H18FN3O3S/c1-19(15-7-3-2-6-13(15)17)24(22,23)12-10-14(18-11-12)16(21)20-8-4-5-9-20/h2-3,6-7,10-11,18H,4-5,8-9H2,1H3. The zero-order valence-corrected chi connectivity index (χ0v) is 14.0. The third-order valence-corrected chi connectivity index (χ3v) is 5.88. The Hall–Kier alpha value is -2.35. The Balaban J connectivity index is 1.88. The van der Waals surface area contributed by atoms with E-state index in [2.05, 4.69) is 4.98 Å². The summed E-state index contributed by atoms with van der Waals surface area (Å²) in [6.45, 7) is 1.35. The molecule has 24 heavy (non-hydrogen) atoms. The molecular formula is C16H18FN3O3S. The maximum atomic E-state index is 13.8. The van der Waals surface area contributed by atoms with Gasteiger partial charge in [0.2, 0.25) is 0 Å². The molecule has 1 amide bonds. The average Bonchev–Trinajstić information content (AvgIpc) is 3.26. The van der Waals surface area contributed by atoms with Crippen LogP contribution in [0.1, 0.15) is 23.3 Å². The number of nitrogens with zero attached hydrogens (tertiary/aromatic N) is 2. The summed E-state index contributed by atoms with van der Waals surface area (Å²) < 4.78 is 40.0. The maximum absolute atomic E-state index is 13.8. The molecular weight excluding hydrogens is 333 g/mol. The van der Waals surface area contributed by atoms with Gasteiger partial charge in [-0.2, -0.15) is 0 Å².